The van der Waals surface area contributed by atoms with Crippen molar-refractivity contribution in [2.75, 3.05) is 4.90 Å². The van der Waals surface area contributed by atoms with E-state index in [1.165, 1.54) is 23.2 Å². The standard InChI is InChI=1S/C16H15N3O4/c1-4-17(13-7-5-11(2)9-15(13)18(20)21)14-8-6-12(3)10-16(14)19(22)23/h4-10H,1H2,2-3H3. The van der Waals surface area contributed by atoms with Crippen LogP contribution in [0.5, 0.6) is 0 Å². The van der Waals surface area contributed by atoms with Gasteiger partial charge in [-0.2, -0.15) is 0 Å². The van der Waals surface area contributed by atoms with Crippen LogP contribution in [-0.2, 0) is 0 Å². The molecule has 0 atom stereocenters. The van der Waals surface area contributed by atoms with E-state index < -0.39 is 9.85 Å². The molecular weight excluding hydrogens is 298 g/mol. The van der Waals surface area contributed by atoms with Crippen molar-refractivity contribution < 1.29 is 9.85 Å². The maximum absolute atomic E-state index is 11.3. The molecule has 0 aliphatic carbocycles. The van der Waals surface area contributed by atoms with E-state index in [1.807, 2.05) is 0 Å². The van der Waals surface area contributed by atoms with E-state index in [1.54, 1.807) is 38.1 Å². The van der Waals surface area contributed by atoms with E-state index in [0.717, 1.165) is 11.1 Å². The van der Waals surface area contributed by atoms with Gasteiger partial charge in [-0.1, -0.05) is 18.7 Å². The third-order valence-corrected chi connectivity index (χ3v) is 3.36. The van der Waals surface area contributed by atoms with Crippen LogP contribution in [0.1, 0.15) is 11.1 Å². The first-order chi connectivity index (χ1) is 10.8. The molecule has 0 saturated heterocycles. The predicted molar refractivity (Wildman–Crippen MR) is 88.0 cm³/mol. The van der Waals surface area contributed by atoms with Crippen LogP contribution in [0.15, 0.2) is 49.2 Å². The second-order valence-corrected chi connectivity index (χ2v) is 5.05. The number of nitrogens with zero attached hydrogens (tertiary/aromatic N) is 3. The molecule has 0 heterocycles. The van der Waals surface area contributed by atoms with E-state index in [4.69, 9.17) is 0 Å². The summed E-state index contributed by atoms with van der Waals surface area (Å²) in [6, 6.07) is 9.37. The van der Waals surface area contributed by atoms with Gasteiger partial charge in [0.1, 0.15) is 11.4 Å². The SMILES string of the molecule is C=CN(c1ccc(C)cc1[N+](=O)[O-])c1ccc(C)cc1[N+](=O)[O-]. The Morgan fingerprint density at radius 2 is 1.30 bits per heavy atom. The fourth-order valence-electron chi connectivity index (χ4n) is 2.29. The van der Waals surface area contributed by atoms with E-state index in [0.29, 0.717) is 0 Å². The van der Waals surface area contributed by atoms with Crippen LogP contribution in [0.25, 0.3) is 0 Å². The molecule has 0 fully saturated rings. The zero-order chi connectivity index (χ0) is 17.1. The molecule has 23 heavy (non-hydrogen) atoms. The molecule has 2 aromatic rings. The molecule has 0 radical (unpaired) electrons. The summed E-state index contributed by atoms with van der Waals surface area (Å²) in [5, 5.41) is 22.6. The quantitative estimate of drug-likeness (QED) is 0.602. The van der Waals surface area contributed by atoms with Gasteiger partial charge in [0.05, 0.1) is 9.85 Å². The van der Waals surface area contributed by atoms with Crippen molar-refractivity contribution in [3.05, 3.63) is 80.5 Å². The second-order valence-electron chi connectivity index (χ2n) is 5.05. The minimum atomic E-state index is -0.515. The zero-order valence-corrected chi connectivity index (χ0v) is 12.7. The highest BCUT2D eigenvalue weighted by atomic mass is 16.6. The van der Waals surface area contributed by atoms with Crippen molar-refractivity contribution in [2.45, 2.75) is 13.8 Å². The zero-order valence-electron chi connectivity index (χ0n) is 12.7. The summed E-state index contributed by atoms with van der Waals surface area (Å²) >= 11 is 0. The highest BCUT2D eigenvalue weighted by Gasteiger charge is 2.25. The fourth-order valence-corrected chi connectivity index (χ4v) is 2.29. The topological polar surface area (TPSA) is 89.5 Å². The average molecular weight is 313 g/mol. The van der Waals surface area contributed by atoms with E-state index in [9.17, 15) is 20.2 Å². The first-order valence-corrected chi connectivity index (χ1v) is 6.77. The van der Waals surface area contributed by atoms with Gasteiger partial charge in [0.25, 0.3) is 11.4 Å². The number of hydrogen-bond donors (Lipinski definition) is 0. The normalized spacial score (nSPS) is 10.2. The maximum atomic E-state index is 11.3. The van der Waals surface area contributed by atoms with E-state index in [-0.39, 0.29) is 22.7 Å². The van der Waals surface area contributed by atoms with Gasteiger partial charge in [0.2, 0.25) is 0 Å². The van der Waals surface area contributed by atoms with Gasteiger partial charge in [-0.25, -0.2) is 0 Å². The molecule has 0 aliphatic rings. The van der Waals surface area contributed by atoms with Crippen LogP contribution < -0.4 is 4.90 Å². The average Bonchev–Trinajstić information content (AvgIpc) is 2.50. The predicted octanol–water partition coefficient (Wildman–Crippen LogP) is 4.40. The van der Waals surface area contributed by atoms with Crippen molar-refractivity contribution >= 4 is 22.7 Å². The van der Waals surface area contributed by atoms with E-state index >= 15 is 0 Å². The van der Waals surface area contributed by atoms with Crippen LogP contribution in [0.4, 0.5) is 22.7 Å². The molecule has 118 valence electrons. The number of nitro benzene ring substituents is 2. The Bertz CT molecular complexity index is 738. The monoisotopic (exact) mass is 313 g/mol. The molecule has 0 N–H and O–H groups in total. The molecule has 7 heteroatoms. The van der Waals surface area contributed by atoms with Crippen LogP contribution >= 0.6 is 0 Å². The third kappa shape index (κ3) is 3.18. The lowest BCUT2D eigenvalue weighted by Gasteiger charge is -2.20. The van der Waals surface area contributed by atoms with Crippen LogP contribution in [-0.4, -0.2) is 9.85 Å². The van der Waals surface area contributed by atoms with Crippen LogP contribution in [0.2, 0.25) is 0 Å². The summed E-state index contributed by atoms with van der Waals surface area (Å²) < 4.78 is 0. The van der Waals surface area contributed by atoms with Crippen molar-refractivity contribution in [3.8, 4) is 0 Å². The minimum absolute atomic E-state index is 0.139. The molecule has 0 bridgehead atoms. The van der Waals surface area contributed by atoms with E-state index in [2.05, 4.69) is 6.58 Å². The Morgan fingerprint density at radius 1 is 0.913 bits per heavy atom. The third-order valence-electron chi connectivity index (χ3n) is 3.36. The molecule has 0 spiro atoms. The molecule has 0 saturated carbocycles. The molecule has 0 unspecified atom stereocenters. The number of benzene rings is 2. The van der Waals surface area contributed by atoms with Gasteiger partial charge in [-0.15, -0.1) is 0 Å². The van der Waals surface area contributed by atoms with Crippen molar-refractivity contribution in [2.24, 2.45) is 0 Å². The fraction of sp³-hybridized carbons (Fsp3) is 0.125. The van der Waals surface area contributed by atoms with Gasteiger partial charge < -0.3 is 4.90 Å². The lowest BCUT2D eigenvalue weighted by atomic mass is 10.1. The molecular formula is C16H15N3O4. The number of rotatable bonds is 5. The summed E-state index contributed by atoms with van der Waals surface area (Å²) in [5.41, 5.74) is 1.62. The van der Waals surface area contributed by atoms with Crippen molar-refractivity contribution in [1.82, 2.24) is 0 Å². The van der Waals surface area contributed by atoms with Crippen LogP contribution in [0.3, 0.4) is 0 Å². The first-order valence-electron chi connectivity index (χ1n) is 6.77. The maximum Gasteiger partial charge on any atom is 0.293 e. The van der Waals surface area contributed by atoms with Gasteiger partial charge in [0.15, 0.2) is 0 Å². The summed E-state index contributed by atoms with van der Waals surface area (Å²) in [5.74, 6) is 0. The van der Waals surface area contributed by atoms with Crippen molar-refractivity contribution in [3.63, 3.8) is 0 Å². The number of hydrogen-bond acceptors (Lipinski definition) is 5. The van der Waals surface area contributed by atoms with Gasteiger partial charge >= 0.3 is 0 Å². The molecule has 0 aliphatic heterocycles. The Hall–Kier alpha value is -3.22. The van der Waals surface area contributed by atoms with Gasteiger partial charge in [0, 0.05) is 18.3 Å². The molecule has 2 aromatic carbocycles. The highest BCUT2D eigenvalue weighted by Crippen LogP contribution is 2.39. The lowest BCUT2D eigenvalue weighted by molar-refractivity contribution is -0.384. The summed E-state index contributed by atoms with van der Waals surface area (Å²) in [7, 11) is 0. The Labute approximate surface area is 132 Å². The van der Waals surface area contributed by atoms with Gasteiger partial charge in [-0.3, -0.25) is 20.2 Å². The number of aryl methyl sites for hydroxylation is 2. The minimum Gasteiger partial charge on any atom is -0.306 e. The summed E-state index contributed by atoms with van der Waals surface area (Å²) in [6.45, 7) is 7.12. The molecule has 0 aromatic heterocycles. The number of anilines is 2. The molecule has 7 nitrogen and oxygen atoms in total. The smallest absolute Gasteiger partial charge is 0.293 e. The lowest BCUT2D eigenvalue weighted by Crippen LogP contribution is -2.12. The number of nitro groups is 2. The molecule has 2 rings (SSSR count). The Balaban J connectivity index is 2.69. The first kappa shape index (κ1) is 16.2. The Kier molecular flexibility index (Phi) is 4.40. The van der Waals surface area contributed by atoms with Gasteiger partial charge in [-0.05, 0) is 37.1 Å². The summed E-state index contributed by atoms with van der Waals surface area (Å²) in [4.78, 5) is 22.9. The van der Waals surface area contributed by atoms with Crippen molar-refractivity contribution in [1.29, 1.82) is 0 Å². The molecule has 0 amide bonds. The summed E-state index contributed by atoms with van der Waals surface area (Å²) in [6.07, 6.45) is 1.33. The highest BCUT2D eigenvalue weighted by molar-refractivity contribution is 5.79. The largest absolute Gasteiger partial charge is 0.306 e. The Morgan fingerprint density at radius 3 is 1.61 bits per heavy atom. The van der Waals surface area contributed by atoms with Crippen LogP contribution in [0, 0.1) is 34.1 Å². The second kappa shape index (κ2) is 6.27.